The van der Waals surface area contributed by atoms with Gasteiger partial charge in [0.25, 0.3) is 0 Å². The van der Waals surface area contributed by atoms with E-state index in [1.54, 1.807) is 12.4 Å². The molecule has 2 aromatic rings. The predicted octanol–water partition coefficient (Wildman–Crippen LogP) is 2.10. The molecule has 2 rings (SSSR count). The molecule has 0 fully saturated rings. The highest BCUT2D eigenvalue weighted by Gasteiger charge is 2.14. The van der Waals surface area contributed by atoms with E-state index < -0.39 is 0 Å². The molecule has 0 atom stereocenters. The Morgan fingerprint density at radius 3 is 2.55 bits per heavy atom. The quantitative estimate of drug-likeness (QED) is 0.643. The van der Waals surface area contributed by atoms with Gasteiger partial charge in [0, 0.05) is 31.2 Å². The lowest BCUT2D eigenvalue weighted by atomic mass is 10.2. The molecule has 2 heterocycles. The van der Waals surface area contributed by atoms with Gasteiger partial charge in [0.1, 0.15) is 11.7 Å². The lowest BCUT2D eigenvalue weighted by Gasteiger charge is -2.24. The zero-order valence-electron chi connectivity index (χ0n) is 11.8. The maximum absolute atomic E-state index is 7.70. The summed E-state index contributed by atoms with van der Waals surface area (Å²) in [6.07, 6.45) is 3.55. The largest absolute Gasteiger partial charge is 0.384 e. The molecule has 0 bridgehead atoms. The average molecular weight is 269 g/mol. The number of aromatic nitrogens is 2. The monoisotopic (exact) mass is 269 g/mol. The summed E-state index contributed by atoms with van der Waals surface area (Å²) < 4.78 is 0. The second-order valence-electron chi connectivity index (χ2n) is 4.61. The van der Waals surface area contributed by atoms with E-state index in [9.17, 15) is 0 Å². The maximum Gasteiger partial charge on any atom is 0.140 e. The van der Waals surface area contributed by atoms with E-state index in [0.717, 1.165) is 30.2 Å². The first-order valence-corrected chi connectivity index (χ1v) is 6.57. The third kappa shape index (κ3) is 3.12. The van der Waals surface area contributed by atoms with Crippen molar-refractivity contribution in [3.63, 3.8) is 0 Å². The number of anilines is 1. The smallest absolute Gasteiger partial charge is 0.140 e. The number of pyridine rings is 2. The van der Waals surface area contributed by atoms with E-state index in [2.05, 4.69) is 21.8 Å². The Bertz CT molecular complexity index is 594. The van der Waals surface area contributed by atoms with Gasteiger partial charge in [-0.3, -0.25) is 10.4 Å². The van der Waals surface area contributed by atoms with Crippen molar-refractivity contribution in [2.45, 2.75) is 20.4 Å². The van der Waals surface area contributed by atoms with Gasteiger partial charge >= 0.3 is 0 Å². The molecule has 0 saturated carbocycles. The number of aryl methyl sites for hydroxylation is 1. The Labute approximate surface area is 119 Å². The van der Waals surface area contributed by atoms with Gasteiger partial charge in [0.2, 0.25) is 0 Å². The number of amidine groups is 1. The van der Waals surface area contributed by atoms with Crippen LogP contribution in [-0.2, 0) is 6.54 Å². The molecule has 0 aliphatic carbocycles. The van der Waals surface area contributed by atoms with Crippen LogP contribution in [0.1, 0.15) is 23.7 Å². The zero-order chi connectivity index (χ0) is 14.5. The van der Waals surface area contributed by atoms with Crippen LogP contribution in [0.15, 0.2) is 36.7 Å². The molecule has 0 aliphatic heterocycles. The molecule has 0 amide bonds. The highest BCUT2D eigenvalue weighted by Crippen LogP contribution is 2.20. The fraction of sp³-hybridized carbons (Fsp3) is 0.267. The summed E-state index contributed by atoms with van der Waals surface area (Å²) in [5.74, 6) is 0.803. The normalized spacial score (nSPS) is 10.3. The number of hydrogen-bond donors (Lipinski definition) is 2. The van der Waals surface area contributed by atoms with Crippen molar-refractivity contribution in [1.29, 1.82) is 5.41 Å². The Morgan fingerprint density at radius 1 is 1.25 bits per heavy atom. The molecule has 0 unspecified atom stereocenters. The number of hydrogen-bond acceptors (Lipinski definition) is 4. The molecule has 20 heavy (non-hydrogen) atoms. The minimum absolute atomic E-state index is 0.0423. The van der Waals surface area contributed by atoms with Crippen molar-refractivity contribution < 1.29 is 0 Å². The number of nitrogens with one attached hydrogen (secondary N) is 1. The standard InChI is InChI=1S/C15H19N5/c1-3-20(10-12-6-8-18-9-7-12)15-13(14(16)17)5-4-11(2)19-15/h4-9H,3,10H2,1-2H3,(H3,16,17). The van der Waals surface area contributed by atoms with Crippen LogP contribution in [0.3, 0.4) is 0 Å². The van der Waals surface area contributed by atoms with Gasteiger partial charge in [-0.1, -0.05) is 0 Å². The fourth-order valence-electron chi connectivity index (χ4n) is 2.04. The summed E-state index contributed by atoms with van der Waals surface area (Å²) in [5.41, 5.74) is 8.40. The molecule has 0 saturated heterocycles. The average Bonchev–Trinajstić information content (AvgIpc) is 2.45. The van der Waals surface area contributed by atoms with Crippen molar-refractivity contribution in [3.05, 3.63) is 53.5 Å². The van der Waals surface area contributed by atoms with Crippen LogP contribution in [0.25, 0.3) is 0 Å². The first-order valence-electron chi connectivity index (χ1n) is 6.57. The van der Waals surface area contributed by atoms with E-state index in [1.165, 1.54) is 0 Å². The van der Waals surface area contributed by atoms with Gasteiger partial charge in [-0.25, -0.2) is 4.98 Å². The third-order valence-corrected chi connectivity index (χ3v) is 3.11. The Morgan fingerprint density at radius 2 is 1.95 bits per heavy atom. The molecule has 2 aromatic heterocycles. The summed E-state index contributed by atoms with van der Waals surface area (Å²) >= 11 is 0. The lowest BCUT2D eigenvalue weighted by molar-refractivity contribution is 0.808. The summed E-state index contributed by atoms with van der Waals surface area (Å²) in [4.78, 5) is 10.7. The first-order chi connectivity index (χ1) is 9.61. The molecular formula is C15H19N5. The van der Waals surface area contributed by atoms with Crippen LogP contribution in [0.5, 0.6) is 0 Å². The van der Waals surface area contributed by atoms with Crippen molar-refractivity contribution in [2.24, 2.45) is 5.73 Å². The molecular weight excluding hydrogens is 250 g/mol. The molecule has 5 heteroatoms. The highest BCUT2D eigenvalue weighted by atomic mass is 15.2. The molecule has 0 aromatic carbocycles. The number of rotatable bonds is 5. The van der Waals surface area contributed by atoms with Crippen LogP contribution >= 0.6 is 0 Å². The Balaban J connectivity index is 2.36. The van der Waals surface area contributed by atoms with Gasteiger partial charge in [0.15, 0.2) is 0 Å². The predicted molar refractivity (Wildman–Crippen MR) is 81.0 cm³/mol. The van der Waals surface area contributed by atoms with Crippen LogP contribution < -0.4 is 10.6 Å². The van der Waals surface area contributed by atoms with E-state index >= 15 is 0 Å². The van der Waals surface area contributed by atoms with Crippen molar-refractivity contribution in [3.8, 4) is 0 Å². The molecule has 0 spiro atoms. The maximum atomic E-state index is 7.70. The van der Waals surface area contributed by atoms with Gasteiger partial charge in [-0.2, -0.15) is 0 Å². The third-order valence-electron chi connectivity index (χ3n) is 3.11. The lowest BCUT2D eigenvalue weighted by Crippen LogP contribution is -2.27. The van der Waals surface area contributed by atoms with Gasteiger partial charge in [-0.15, -0.1) is 0 Å². The second-order valence-corrected chi connectivity index (χ2v) is 4.61. The Hall–Kier alpha value is -2.43. The molecule has 5 nitrogen and oxygen atoms in total. The van der Waals surface area contributed by atoms with Gasteiger partial charge in [-0.05, 0) is 43.7 Å². The van der Waals surface area contributed by atoms with Crippen molar-refractivity contribution in [1.82, 2.24) is 9.97 Å². The van der Waals surface area contributed by atoms with E-state index in [0.29, 0.717) is 5.56 Å². The summed E-state index contributed by atoms with van der Waals surface area (Å²) in [7, 11) is 0. The van der Waals surface area contributed by atoms with Gasteiger partial charge < -0.3 is 10.6 Å². The molecule has 0 aliphatic rings. The van der Waals surface area contributed by atoms with Crippen LogP contribution in [-0.4, -0.2) is 22.3 Å². The SMILES string of the molecule is CCN(Cc1ccncc1)c1nc(C)ccc1C(=N)N. The van der Waals surface area contributed by atoms with Gasteiger partial charge in [0.05, 0.1) is 5.56 Å². The minimum Gasteiger partial charge on any atom is -0.384 e. The van der Waals surface area contributed by atoms with Crippen LogP contribution in [0, 0.1) is 12.3 Å². The van der Waals surface area contributed by atoms with Crippen molar-refractivity contribution in [2.75, 3.05) is 11.4 Å². The first kappa shape index (κ1) is 14.0. The van der Waals surface area contributed by atoms with E-state index in [-0.39, 0.29) is 5.84 Å². The fourth-order valence-corrected chi connectivity index (χ4v) is 2.04. The summed E-state index contributed by atoms with van der Waals surface area (Å²) in [6.45, 7) is 5.51. The summed E-state index contributed by atoms with van der Waals surface area (Å²) in [5, 5.41) is 7.70. The zero-order valence-corrected chi connectivity index (χ0v) is 11.8. The molecule has 3 N–H and O–H groups in total. The topological polar surface area (TPSA) is 78.9 Å². The second kappa shape index (κ2) is 6.14. The number of nitrogen functional groups attached to an aromatic ring is 1. The Kier molecular flexibility index (Phi) is 4.30. The number of nitrogens with two attached hydrogens (primary N) is 1. The van der Waals surface area contributed by atoms with Crippen molar-refractivity contribution >= 4 is 11.7 Å². The summed E-state index contributed by atoms with van der Waals surface area (Å²) in [6, 6.07) is 7.69. The highest BCUT2D eigenvalue weighted by molar-refractivity contribution is 5.99. The molecule has 104 valence electrons. The minimum atomic E-state index is 0.0423. The molecule has 0 radical (unpaired) electrons. The van der Waals surface area contributed by atoms with E-state index in [4.69, 9.17) is 11.1 Å². The van der Waals surface area contributed by atoms with E-state index in [1.807, 2.05) is 31.2 Å². The number of nitrogens with zero attached hydrogens (tertiary/aromatic N) is 3. The van der Waals surface area contributed by atoms with Crippen LogP contribution in [0.4, 0.5) is 5.82 Å². The van der Waals surface area contributed by atoms with Crippen LogP contribution in [0.2, 0.25) is 0 Å².